The Morgan fingerprint density at radius 3 is 3.00 bits per heavy atom. The van der Waals surface area contributed by atoms with Crippen LogP contribution in [0.3, 0.4) is 0 Å². The molecule has 1 aromatic carbocycles. The van der Waals surface area contributed by atoms with E-state index in [9.17, 15) is 9.18 Å². The Bertz CT molecular complexity index is 613. The first-order chi connectivity index (χ1) is 10.6. The number of ether oxygens (including phenoxy) is 1. The lowest BCUT2D eigenvalue weighted by atomic mass is 9.95. The topological polar surface area (TPSA) is 29.5 Å². The largest absolute Gasteiger partial charge is 0.380 e. The molecular formula is C18H20FNO2. The first kappa shape index (κ1) is 15.1. The van der Waals surface area contributed by atoms with Gasteiger partial charge in [0.15, 0.2) is 0 Å². The molecule has 3 atom stereocenters. The van der Waals surface area contributed by atoms with Crippen molar-refractivity contribution in [1.29, 1.82) is 0 Å². The van der Waals surface area contributed by atoms with Crippen molar-refractivity contribution in [3.8, 4) is 11.8 Å². The van der Waals surface area contributed by atoms with Crippen molar-refractivity contribution in [3.63, 3.8) is 0 Å². The van der Waals surface area contributed by atoms with E-state index >= 15 is 0 Å². The van der Waals surface area contributed by atoms with Gasteiger partial charge >= 0.3 is 0 Å². The summed E-state index contributed by atoms with van der Waals surface area (Å²) in [7, 11) is 0. The first-order valence-corrected chi connectivity index (χ1v) is 7.80. The maximum atomic E-state index is 13.5. The van der Waals surface area contributed by atoms with Crippen LogP contribution in [0, 0.1) is 29.5 Å². The molecular weight excluding hydrogens is 281 g/mol. The third kappa shape index (κ3) is 3.15. The molecule has 2 fully saturated rings. The zero-order valence-corrected chi connectivity index (χ0v) is 12.7. The molecule has 0 radical (unpaired) electrons. The monoisotopic (exact) mass is 301 g/mol. The van der Waals surface area contributed by atoms with Gasteiger partial charge in [-0.25, -0.2) is 4.39 Å². The van der Waals surface area contributed by atoms with Gasteiger partial charge in [0.25, 0.3) is 5.91 Å². The Morgan fingerprint density at radius 2 is 2.27 bits per heavy atom. The van der Waals surface area contributed by atoms with Crippen LogP contribution in [0.2, 0.25) is 0 Å². The number of halogens is 1. The molecule has 2 saturated heterocycles. The van der Waals surface area contributed by atoms with Gasteiger partial charge in [0, 0.05) is 19.1 Å². The second kappa shape index (κ2) is 6.50. The molecule has 22 heavy (non-hydrogen) atoms. The van der Waals surface area contributed by atoms with Gasteiger partial charge in [-0.2, -0.15) is 0 Å². The van der Waals surface area contributed by atoms with Gasteiger partial charge in [0.1, 0.15) is 5.82 Å². The van der Waals surface area contributed by atoms with Crippen LogP contribution in [0.4, 0.5) is 4.39 Å². The van der Waals surface area contributed by atoms with Gasteiger partial charge in [-0.15, -0.1) is 0 Å². The highest BCUT2D eigenvalue weighted by molar-refractivity contribution is 5.94. The molecule has 3 nitrogen and oxygen atoms in total. The number of amides is 1. The standard InChI is InChI=1S/C18H20FNO2/c1-13-7-9-20(17(21)6-5-14-8-10-22-12-14)18(13)15-3-2-4-16(19)11-15/h2-4,11,13-14,18H,7-10,12H2,1H3/t13-,14-,18-/m1/s1. The molecule has 0 aromatic heterocycles. The highest BCUT2D eigenvalue weighted by Crippen LogP contribution is 2.37. The lowest BCUT2D eigenvalue weighted by Crippen LogP contribution is -2.30. The van der Waals surface area contributed by atoms with Crippen LogP contribution in [-0.4, -0.2) is 30.6 Å². The molecule has 2 aliphatic rings. The second-order valence-corrected chi connectivity index (χ2v) is 6.09. The first-order valence-electron chi connectivity index (χ1n) is 7.80. The van der Waals surface area contributed by atoms with Crippen molar-refractivity contribution in [2.75, 3.05) is 19.8 Å². The number of carbonyl (C=O) groups is 1. The molecule has 0 unspecified atom stereocenters. The number of hydrogen-bond donors (Lipinski definition) is 0. The zero-order chi connectivity index (χ0) is 15.5. The van der Waals surface area contributed by atoms with Crippen molar-refractivity contribution < 1.29 is 13.9 Å². The van der Waals surface area contributed by atoms with E-state index in [-0.39, 0.29) is 23.7 Å². The Hall–Kier alpha value is -1.86. The van der Waals surface area contributed by atoms with Gasteiger partial charge in [0.05, 0.1) is 12.6 Å². The molecule has 0 bridgehead atoms. The highest BCUT2D eigenvalue weighted by atomic mass is 19.1. The fraction of sp³-hybridized carbons (Fsp3) is 0.500. The van der Waals surface area contributed by atoms with Crippen molar-refractivity contribution in [2.45, 2.75) is 25.8 Å². The molecule has 2 heterocycles. The third-order valence-electron chi connectivity index (χ3n) is 4.46. The smallest absolute Gasteiger partial charge is 0.298 e. The molecule has 116 valence electrons. The van der Waals surface area contributed by atoms with Gasteiger partial charge in [0.2, 0.25) is 0 Å². The molecule has 4 heteroatoms. The third-order valence-corrected chi connectivity index (χ3v) is 4.46. The number of benzene rings is 1. The normalized spacial score (nSPS) is 27.5. The van der Waals surface area contributed by atoms with Gasteiger partial charge < -0.3 is 9.64 Å². The minimum Gasteiger partial charge on any atom is -0.380 e. The molecule has 1 amide bonds. The van der Waals surface area contributed by atoms with E-state index in [1.165, 1.54) is 12.1 Å². The van der Waals surface area contributed by atoms with Crippen LogP contribution in [0.5, 0.6) is 0 Å². The van der Waals surface area contributed by atoms with Crippen molar-refractivity contribution in [3.05, 3.63) is 35.6 Å². The molecule has 1 aromatic rings. The minimum absolute atomic E-state index is 0.0858. The van der Waals surface area contributed by atoms with Crippen LogP contribution < -0.4 is 0 Å². The molecule has 0 aliphatic carbocycles. The van der Waals surface area contributed by atoms with Crippen molar-refractivity contribution in [1.82, 2.24) is 4.90 Å². The molecule has 0 spiro atoms. The number of carbonyl (C=O) groups excluding carboxylic acids is 1. The summed E-state index contributed by atoms with van der Waals surface area (Å²) in [5, 5.41) is 0. The van der Waals surface area contributed by atoms with E-state index in [2.05, 4.69) is 18.8 Å². The van der Waals surface area contributed by atoms with Crippen LogP contribution in [0.1, 0.15) is 31.4 Å². The summed E-state index contributed by atoms with van der Waals surface area (Å²) in [5.74, 6) is 5.83. The lowest BCUT2D eigenvalue weighted by Gasteiger charge is -2.25. The summed E-state index contributed by atoms with van der Waals surface area (Å²) in [4.78, 5) is 14.2. The fourth-order valence-corrected chi connectivity index (χ4v) is 3.26. The predicted octanol–water partition coefficient (Wildman–Crippen LogP) is 2.78. The Morgan fingerprint density at radius 1 is 1.41 bits per heavy atom. The van der Waals surface area contributed by atoms with E-state index in [1.807, 2.05) is 6.07 Å². The van der Waals surface area contributed by atoms with Crippen molar-refractivity contribution >= 4 is 5.91 Å². The van der Waals surface area contributed by atoms with E-state index in [0.29, 0.717) is 19.1 Å². The van der Waals surface area contributed by atoms with Gasteiger partial charge in [-0.3, -0.25) is 4.79 Å². The minimum atomic E-state index is -0.266. The maximum absolute atomic E-state index is 13.5. The van der Waals surface area contributed by atoms with Crippen molar-refractivity contribution in [2.24, 2.45) is 11.8 Å². The molecule has 0 N–H and O–H groups in total. The van der Waals surface area contributed by atoms with E-state index < -0.39 is 0 Å². The summed E-state index contributed by atoms with van der Waals surface area (Å²) >= 11 is 0. The number of rotatable bonds is 1. The van der Waals surface area contributed by atoms with Gasteiger partial charge in [-0.1, -0.05) is 25.0 Å². The number of hydrogen-bond acceptors (Lipinski definition) is 2. The number of nitrogens with zero attached hydrogens (tertiary/aromatic N) is 1. The summed E-state index contributed by atoms with van der Waals surface area (Å²) < 4.78 is 18.7. The van der Waals surface area contributed by atoms with Gasteiger partial charge in [-0.05, 0) is 42.4 Å². The summed E-state index contributed by atoms with van der Waals surface area (Å²) in [6.07, 6.45) is 1.81. The van der Waals surface area contributed by atoms with E-state index in [1.54, 1.807) is 11.0 Å². The lowest BCUT2D eigenvalue weighted by molar-refractivity contribution is -0.126. The average Bonchev–Trinajstić information content (AvgIpc) is 3.14. The SMILES string of the molecule is C[C@@H]1CCN(C(=O)C#C[C@@H]2CCOC2)[C@H]1c1cccc(F)c1. The summed E-state index contributed by atoms with van der Waals surface area (Å²) in [5.41, 5.74) is 0.851. The Balaban J connectivity index is 1.78. The number of likely N-dealkylation sites (tertiary alicyclic amines) is 1. The van der Waals surface area contributed by atoms with Crippen LogP contribution in [0.15, 0.2) is 24.3 Å². The maximum Gasteiger partial charge on any atom is 0.298 e. The van der Waals surface area contributed by atoms with E-state index in [4.69, 9.17) is 4.74 Å². The summed E-state index contributed by atoms with van der Waals surface area (Å²) in [6, 6.07) is 6.44. The Kier molecular flexibility index (Phi) is 4.44. The van der Waals surface area contributed by atoms with Crippen LogP contribution >= 0.6 is 0 Å². The van der Waals surface area contributed by atoms with Crippen LogP contribution in [-0.2, 0) is 9.53 Å². The summed E-state index contributed by atoms with van der Waals surface area (Å²) in [6.45, 7) is 4.11. The predicted molar refractivity (Wildman–Crippen MR) is 81.3 cm³/mol. The average molecular weight is 301 g/mol. The quantitative estimate of drug-likeness (QED) is 0.747. The molecule has 3 rings (SSSR count). The zero-order valence-electron chi connectivity index (χ0n) is 12.7. The van der Waals surface area contributed by atoms with Crippen LogP contribution in [0.25, 0.3) is 0 Å². The molecule has 0 saturated carbocycles. The highest BCUT2D eigenvalue weighted by Gasteiger charge is 2.35. The second-order valence-electron chi connectivity index (χ2n) is 6.09. The van der Waals surface area contributed by atoms with E-state index in [0.717, 1.165) is 25.0 Å². The molecule has 2 aliphatic heterocycles. The fourth-order valence-electron chi connectivity index (χ4n) is 3.26. The Labute approximate surface area is 130 Å².